The molecular weight excluding hydrogens is 320 g/mol. The monoisotopic (exact) mass is 338 g/mol. The zero-order chi connectivity index (χ0) is 16.6. The van der Waals surface area contributed by atoms with Gasteiger partial charge in [0.25, 0.3) is 0 Å². The van der Waals surface area contributed by atoms with Gasteiger partial charge in [-0.25, -0.2) is 8.42 Å². The molecule has 2 aliphatic heterocycles. The van der Waals surface area contributed by atoms with Gasteiger partial charge in [0.05, 0.1) is 23.2 Å². The maximum atomic E-state index is 12.0. The normalized spacial score (nSPS) is 26.7. The number of aromatic nitrogens is 1. The molecule has 0 unspecified atom stereocenters. The highest BCUT2D eigenvalue weighted by molar-refractivity contribution is 7.91. The van der Waals surface area contributed by atoms with Crippen LogP contribution < -0.4 is 5.73 Å². The molecule has 2 atom stereocenters. The molecule has 9 heteroatoms. The quantitative estimate of drug-likeness (QED) is 0.648. The Morgan fingerprint density at radius 3 is 2.61 bits per heavy atom. The van der Waals surface area contributed by atoms with Crippen molar-refractivity contribution in [1.29, 1.82) is 0 Å². The molecule has 0 saturated carbocycles. The van der Waals surface area contributed by atoms with Gasteiger partial charge < -0.3 is 10.6 Å². The van der Waals surface area contributed by atoms with Gasteiger partial charge in [0.15, 0.2) is 9.84 Å². The number of fused-ring (bicyclic) bond motifs is 1. The van der Waals surface area contributed by atoms with Gasteiger partial charge in [-0.3, -0.25) is 19.5 Å². The highest BCUT2D eigenvalue weighted by Gasteiger charge is 2.48. The average Bonchev–Trinajstić information content (AvgIpc) is 2.83. The van der Waals surface area contributed by atoms with Gasteiger partial charge >= 0.3 is 11.8 Å². The third-order valence-corrected chi connectivity index (χ3v) is 6.05. The van der Waals surface area contributed by atoms with Gasteiger partial charge in [-0.1, -0.05) is 6.07 Å². The van der Waals surface area contributed by atoms with Crippen molar-refractivity contribution >= 4 is 21.7 Å². The number of carbonyl (C=O) groups excluding carboxylic acids is 2. The predicted molar refractivity (Wildman–Crippen MR) is 81.8 cm³/mol. The molecule has 1 aromatic rings. The van der Waals surface area contributed by atoms with Crippen molar-refractivity contribution in [2.24, 2.45) is 5.73 Å². The van der Waals surface area contributed by atoms with E-state index in [2.05, 4.69) is 4.98 Å². The minimum Gasteiger partial charge on any atom is -0.361 e. The summed E-state index contributed by atoms with van der Waals surface area (Å²) in [6.45, 7) is 1.27. The molecule has 0 radical (unpaired) electrons. The van der Waals surface area contributed by atoms with Crippen LogP contribution in [0.3, 0.4) is 0 Å². The molecule has 0 bridgehead atoms. The molecule has 3 heterocycles. The van der Waals surface area contributed by atoms with E-state index in [1.807, 2.05) is 23.1 Å². The summed E-state index contributed by atoms with van der Waals surface area (Å²) < 4.78 is 24.1. The largest absolute Gasteiger partial charge is 0.361 e. The predicted octanol–water partition coefficient (Wildman–Crippen LogP) is -1.62. The number of sulfone groups is 1. The van der Waals surface area contributed by atoms with Crippen molar-refractivity contribution < 1.29 is 18.0 Å². The smallest absolute Gasteiger partial charge is 0.312 e. The minimum absolute atomic E-state index is 0.0208. The summed E-state index contributed by atoms with van der Waals surface area (Å²) in [5.41, 5.74) is 5.91. The van der Waals surface area contributed by atoms with Gasteiger partial charge in [-0.15, -0.1) is 0 Å². The zero-order valence-electron chi connectivity index (χ0n) is 12.5. The summed E-state index contributed by atoms with van der Waals surface area (Å²) in [5.74, 6) is -2.01. The Hall–Kier alpha value is -2.00. The first-order chi connectivity index (χ1) is 10.9. The van der Waals surface area contributed by atoms with Crippen LogP contribution in [0.1, 0.15) is 5.69 Å². The molecule has 124 valence electrons. The van der Waals surface area contributed by atoms with Crippen LogP contribution >= 0.6 is 0 Å². The SMILES string of the molecule is NC(=O)C(=O)N1CCN(Cc2ccccn2)[C@@H]2CS(=O)(=O)C[C@@H]21. The number of primary amides is 1. The Balaban J connectivity index is 1.84. The molecular formula is C14H18N4O4S. The van der Waals surface area contributed by atoms with Crippen LogP contribution in [0, 0.1) is 0 Å². The summed E-state index contributed by atoms with van der Waals surface area (Å²) in [5, 5.41) is 0. The Morgan fingerprint density at radius 1 is 1.22 bits per heavy atom. The maximum Gasteiger partial charge on any atom is 0.312 e. The van der Waals surface area contributed by atoms with Crippen LogP contribution in [0.15, 0.2) is 24.4 Å². The molecule has 3 rings (SSSR count). The number of amides is 2. The molecule has 2 aliphatic rings. The molecule has 2 saturated heterocycles. The second kappa shape index (κ2) is 5.89. The van der Waals surface area contributed by atoms with Crippen LogP contribution in [-0.2, 0) is 26.0 Å². The second-order valence-corrected chi connectivity index (χ2v) is 8.02. The summed E-state index contributed by atoms with van der Waals surface area (Å²) in [6.07, 6.45) is 1.69. The lowest BCUT2D eigenvalue weighted by Gasteiger charge is -2.43. The lowest BCUT2D eigenvalue weighted by Crippen LogP contribution is -2.62. The van der Waals surface area contributed by atoms with Gasteiger partial charge in [0.2, 0.25) is 0 Å². The van der Waals surface area contributed by atoms with Crippen LogP contribution in [0.5, 0.6) is 0 Å². The molecule has 0 aliphatic carbocycles. The number of nitrogens with two attached hydrogens (primary N) is 1. The fourth-order valence-corrected chi connectivity index (χ4v) is 5.33. The van der Waals surface area contributed by atoms with E-state index in [0.717, 1.165) is 5.69 Å². The van der Waals surface area contributed by atoms with E-state index < -0.39 is 27.7 Å². The number of piperazine rings is 1. The van der Waals surface area contributed by atoms with Crippen LogP contribution in [0.25, 0.3) is 0 Å². The molecule has 2 N–H and O–H groups in total. The standard InChI is InChI=1S/C14H18N4O4S/c15-13(19)14(20)18-6-5-17(7-10-3-1-2-4-16-10)11-8-23(21,22)9-12(11)18/h1-4,11-12H,5-9H2,(H2,15,19)/t11-,12+/m1/s1. The summed E-state index contributed by atoms with van der Waals surface area (Å²) in [7, 11) is -3.25. The van der Waals surface area contributed by atoms with E-state index in [1.165, 1.54) is 4.90 Å². The van der Waals surface area contributed by atoms with Crippen molar-refractivity contribution in [2.45, 2.75) is 18.6 Å². The van der Waals surface area contributed by atoms with Crippen molar-refractivity contribution in [1.82, 2.24) is 14.8 Å². The topological polar surface area (TPSA) is 114 Å². The van der Waals surface area contributed by atoms with Crippen molar-refractivity contribution in [3.8, 4) is 0 Å². The lowest BCUT2D eigenvalue weighted by molar-refractivity contribution is -0.148. The molecule has 0 aromatic carbocycles. The summed E-state index contributed by atoms with van der Waals surface area (Å²) >= 11 is 0. The van der Waals surface area contributed by atoms with Gasteiger partial charge in [-0.05, 0) is 12.1 Å². The van der Waals surface area contributed by atoms with E-state index in [9.17, 15) is 18.0 Å². The molecule has 2 amide bonds. The summed E-state index contributed by atoms with van der Waals surface area (Å²) in [6, 6.07) is 4.70. The van der Waals surface area contributed by atoms with Crippen molar-refractivity contribution in [3.63, 3.8) is 0 Å². The number of hydrogen-bond acceptors (Lipinski definition) is 6. The Kier molecular flexibility index (Phi) is 4.07. The van der Waals surface area contributed by atoms with Crippen molar-refractivity contribution in [2.75, 3.05) is 24.6 Å². The molecule has 2 fully saturated rings. The lowest BCUT2D eigenvalue weighted by atomic mass is 10.0. The number of pyridine rings is 1. The van der Waals surface area contributed by atoms with Crippen LogP contribution in [-0.4, -0.2) is 71.7 Å². The number of nitrogens with zero attached hydrogens (tertiary/aromatic N) is 3. The third-order valence-electron chi connectivity index (χ3n) is 4.35. The first kappa shape index (κ1) is 15.9. The van der Waals surface area contributed by atoms with Gasteiger partial charge in [0.1, 0.15) is 0 Å². The average molecular weight is 338 g/mol. The minimum atomic E-state index is -3.25. The molecule has 0 spiro atoms. The fourth-order valence-electron chi connectivity index (χ4n) is 3.31. The van der Waals surface area contributed by atoms with E-state index in [4.69, 9.17) is 5.73 Å². The van der Waals surface area contributed by atoms with Crippen LogP contribution in [0.2, 0.25) is 0 Å². The molecule has 1 aromatic heterocycles. The van der Waals surface area contributed by atoms with E-state index in [0.29, 0.717) is 13.1 Å². The first-order valence-corrected chi connectivity index (χ1v) is 9.14. The Morgan fingerprint density at radius 2 is 1.96 bits per heavy atom. The Bertz CT molecular complexity index is 722. The van der Waals surface area contributed by atoms with E-state index in [-0.39, 0.29) is 24.1 Å². The van der Waals surface area contributed by atoms with Gasteiger partial charge in [0, 0.05) is 31.9 Å². The van der Waals surface area contributed by atoms with E-state index >= 15 is 0 Å². The first-order valence-electron chi connectivity index (χ1n) is 7.32. The highest BCUT2D eigenvalue weighted by Crippen LogP contribution is 2.28. The maximum absolute atomic E-state index is 12.0. The van der Waals surface area contributed by atoms with Crippen molar-refractivity contribution in [3.05, 3.63) is 30.1 Å². The molecule has 8 nitrogen and oxygen atoms in total. The Labute approximate surface area is 134 Å². The zero-order valence-corrected chi connectivity index (χ0v) is 13.3. The fraction of sp³-hybridized carbons (Fsp3) is 0.500. The number of rotatable bonds is 2. The highest BCUT2D eigenvalue weighted by atomic mass is 32.2. The number of carbonyl (C=O) groups is 2. The van der Waals surface area contributed by atoms with Crippen LogP contribution in [0.4, 0.5) is 0 Å². The van der Waals surface area contributed by atoms with E-state index in [1.54, 1.807) is 6.20 Å². The molecule has 23 heavy (non-hydrogen) atoms. The second-order valence-electron chi connectivity index (χ2n) is 5.87. The third kappa shape index (κ3) is 3.20. The number of hydrogen-bond donors (Lipinski definition) is 1. The van der Waals surface area contributed by atoms with Gasteiger partial charge in [-0.2, -0.15) is 0 Å². The summed E-state index contributed by atoms with van der Waals surface area (Å²) in [4.78, 5) is 30.7.